The van der Waals surface area contributed by atoms with E-state index in [0.29, 0.717) is 61.6 Å². The van der Waals surface area contributed by atoms with Crippen molar-refractivity contribution in [3.8, 4) is 17.6 Å². The summed E-state index contributed by atoms with van der Waals surface area (Å²) in [5, 5.41) is 13.7. The number of aryl methyl sites for hydroxylation is 2. The second-order valence-electron chi connectivity index (χ2n) is 17.9. The fraction of sp³-hybridized carbons (Fsp3) is 0.521. The number of benzene rings is 2. The molecule has 0 radical (unpaired) electrons. The predicted molar refractivity (Wildman–Crippen MR) is 264 cm³/mol. The van der Waals surface area contributed by atoms with Gasteiger partial charge < -0.3 is 29.3 Å². The Bertz CT molecular complexity index is 2450. The molecule has 4 heterocycles. The molecule has 0 bridgehead atoms. The molecule has 1 aliphatic rings. The highest BCUT2D eigenvalue weighted by Crippen LogP contribution is 2.34. The van der Waals surface area contributed by atoms with Crippen molar-refractivity contribution in [3.63, 3.8) is 0 Å². The molecule has 3 aromatic heterocycles. The van der Waals surface area contributed by atoms with Crippen molar-refractivity contribution < 1.29 is 23.4 Å². The van der Waals surface area contributed by atoms with E-state index in [1.165, 1.54) is 56.9 Å². The summed E-state index contributed by atoms with van der Waals surface area (Å²) in [4.78, 5) is 31.2. The lowest BCUT2D eigenvalue weighted by Gasteiger charge is -2.26. The van der Waals surface area contributed by atoms with Crippen LogP contribution in [0.15, 0.2) is 53.5 Å². The molecule has 13 nitrogen and oxygen atoms in total. The molecule has 0 unspecified atom stereocenters. The van der Waals surface area contributed by atoms with Gasteiger partial charge >= 0.3 is 5.97 Å². The van der Waals surface area contributed by atoms with Crippen LogP contribution in [0.25, 0.3) is 10.2 Å². The number of anilines is 2. The van der Waals surface area contributed by atoms with Crippen LogP contribution in [-0.2, 0) is 22.6 Å². The zero-order valence-electron chi connectivity index (χ0n) is 39.3. The zero-order valence-corrected chi connectivity index (χ0v) is 41.9. The van der Waals surface area contributed by atoms with Gasteiger partial charge in [0.2, 0.25) is 0 Å². The first-order valence-electron chi connectivity index (χ1n) is 22.8. The Morgan fingerprint density at radius 3 is 2.57 bits per heavy atom. The van der Waals surface area contributed by atoms with Gasteiger partial charge in [-0.15, -0.1) is 21.5 Å². The normalized spacial score (nSPS) is 13.6. The highest BCUT2D eigenvalue weighted by atomic mass is 32.1. The molecule has 350 valence electrons. The van der Waals surface area contributed by atoms with Crippen LogP contribution in [0.1, 0.15) is 65.0 Å². The molecule has 1 fully saturated rings. The van der Waals surface area contributed by atoms with E-state index in [0.717, 1.165) is 64.0 Å². The van der Waals surface area contributed by atoms with E-state index in [2.05, 4.69) is 63.5 Å². The first kappa shape index (κ1) is 49.9. The van der Waals surface area contributed by atoms with E-state index in [9.17, 15) is 9.18 Å². The highest BCUT2D eigenvalue weighted by molar-refractivity contribution is 7.16. The van der Waals surface area contributed by atoms with Crippen molar-refractivity contribution in [2.45, 2.75) is 84.3 Å². The van der Waals surface area contributed by atoms with Gasteiger partial charge in [-0.1, -0.05) is 61.4 Å². The maximum atomic E-state index is 14.9. The molecule has 0 spiro atoms. The second-order valence-corrected chi connectivity index (χ2v) is 25.5. The number of hydrogen-bond donors (Lipinski definition) is 1. The number of esters is 1. The summed E-state index contributed by atoms with van der Waals surface area (Å²) in [6.45, 7) is 16.9. The topological polar surface area (TPSA) is 122 Å². The lowest BCUT2D eigenvalue weighted by Crippen LogP contribution is -2.36. The first-order valence-corrected chi connectivity index (χ1v) is 28.1. The molecular formula is C48H66FN9O4S2Si. The molecule has 5 aromatic rings. The maximum Gasteiger partial charge on any atom is 0.357 e. The van der Waals surface area contributed by atoms with Crippen LogP contribution >= 0.6 is 22.7 Å². The number of carbonyl (C=O) groups excluding carboxylic acids is 1. The van der Waals surface area contributed by atoms with E-state index in [-0.39, 0.29) is 18.1 Å². The molecule has 17 heteroatoms. The number of nitrogens with zero attached hydrogens (tertiary/aromatic N) is 8. The third-order valence-electron chi connectivity index (χ3n) is 10.9. The molecule has 1 N–H and O–H groups in total. The molecule has 1 saturated heterocycles. The number of unbranched alkanes of at least 4 members (excludes halogenated alkanes) is 1. The van der Waals surface area contributed by atoms with Crippen LogP contribution in [0, 0.1) is 24.6 Å². The number of ether oxygens (including phenoxy) is 3. The Kier molecular flexibility index (Phi) is 19.1. The van der Waals surface area contributed by atoms with E-state index in [4.69, 9.17) is 29.3 Å². The van der Waals surface area contributed by atoms with Gasteiger partial charge in [0.15, 0.2) is 38.8 Å². The number of carbonyl (C=O) groups is 1. The maximum absolute atomic E-state index is 14.9. The molecule has 0 aliphatic carbocycles. The largest absolute Gasteiger partial charge is 0.491 e. The number of thiazole rings is 2. The van der Waals surface area contributed by atoms with Gasteiger partial charge in [-0.25, -0.2) is 14.2 Å². The number of rotatable bonds is 23. The van der Waals surface area contributed by atoms with E-state index >= 15 is 0 Å². The van der Waals surface area contributed by atoms with Crippen LogP contribution < -0.4 is 19.8 Å². The van der Waals surface area contributed by atoms with Crippen LogP contribution in [0.2, 0.25) is 25.7 Å². The van der Waals surface area contributed by atoms with Crippen molar-refractivity contribution in [1.82, 2.24) is 34.9 Å². The summed E-state index contributed by atoms with van der Waals surface area (Å²) in [7, 11) is 3.98. The molecule has 65 heavy (non-hydrogen) atoms. The minimum absolute atomic E-state index is 0.158. The predicted octanol–water partition coefficient (Wildman–Crippen LogP) is 8.65. The number of fused-ring (bicyclic) bond motifs is 1. The highest BCUT2D eigenvalue weighted by Gasteiger charge is 2.24. The van der Waals surface area contributed by atoms with Crippen molar-refractivity contribution >= 4 is 63.7 Å². The zero-order chi connectivity index (χ0) is 46.2. The number of hydrogen-bond acceptors (Lipinski definition) is 14. The van der Waals surface area contributed by atoms with Crippen LogP contribution in [0.3, 0.4) is 0 Å². The fourth-order valence-electron chi connectivity index (χ4n) is 7.23. The average molecular weight is 944 g/mol. The molecule has 0 saturated carbocycles. The Morgan fingerprint density at radius 1 is 1.00 bits per heavy atom. The molecule has 2 aromatic carbocycles. The van der Waals surface area contributed by atoms with Gasteiger partial charge in [0, 0.05) is 44.8 Å². The summed E-state index contributed by atoms with van der Waals surface area (Å²) in [6.07, 6.45) is 6.72. The molecule has 0 amide bonds. The number of aromatic nitrogens is 4. The van der Waals surface area contributed by atoms with Gasteiger partial charge in [0.1, 0.15) is 6.73 Å². The van der Waals surface area contributed by atoms with Crippen molar-refractivity contribution in [3.05, 3.63) is 80.8 Å². The van der Waals surface area contributed by atoms with Gasteiger partial charge in [-0.3, -0.25) is 9.47 Å². The summed E-state index contributed by atoms with van der Waals surface area (Å²) >= 11 is 3.02. The van der Waals surface area contributed by atoms with Gasteiger partial charge in [-0.2, -0.15) is 4.99 Å². The van der Waals surface area contributed by atoms with Gasteiger partial charge in [-0.05, 0) is 127 Å². The second kappa shape index (κ2) is 24.8. The average Bonchev–Trinajstić information content (AvgIpc) is 3.86. The lowest BCUT2D eigenvalue weighted by molar-refractivity contribution is 0.0593. The smallest absolute Gasteiger partial charge is 0.357 e. The monoisotopic (exact) mass is 943 g/mol. The quantitative estimate of drug-likeness (QED) is 0.0293. The van der Waals surface area contributed by atoms with E-state index in [1.54, 1.807) is 23.5 Å². The molecule has 1 aliphatic heterocycles. The number of methoxy groups -OCH3 is 1. The fourth-order valence-corrected chi connectivity index (χ4v) is 10.1. The van der Waals surface area contributed by atoms with Crippen LogP contribution in [0.5, 0.6) is 5.75 Å². The minimum Gasteiger partial charge on any atom is -0.491 e. The van der Waals surface area contributed by atoms with Gasteiger partial charge in [0.25, 0.3) is 0 Å². The first-order chi connectivity index (χ1) is 31.4. The Morgan fingerprint density at radius 2 is 1.82 bits per heavy atom. The molecule has 0 atom stereocenters. The number of likely N-dealkylation sites (tertiary alicyclic amines) is 1. The third kappa shape index (κ3) is 15.2. The number of piperidine rings is 1. The number of halogens is 1. The Labute approximate surface area is 393 Å². The Balaban J connectivity index is 1.20. The summed E-state index contributed by atoms with van der Waals surface area (Å²) in [5.41, 5.74) is 2.76. The van der Waals surface area contributed by atoms with Crippen molar-refractivity contribution in [2.24, 2.45) is 4.99 Å². The number of nitrogens with one attached hydrogen (secondary N) is 1. The van der Waals surface area contributed by atoms with Gasteiger partial charge in [0.05, 0.1) is 30.5 Å². The summed E-state index contributed by atoms with van der Waals surface area (Å²) < 4.78 is 35.4. The lowest BCUT2D eigenvalue weighted by atomic mass is 10.1. The summed E-state index contributed by atoms with van der Waals surface area (Å²) in [6, 6.07) is 16.1. The van der Waals surface area contributed by atoms with Crippen molar-refractivity contribution in [2.75, 3.05) is 85.1 Å². The van der Waals surface area contributed by atoms with E-state index < -0.39 is 19.9 Å². The molecule has 6 rings (SSSR count). The SMILES string of the molecule is COC(=O)c1nc(N(CCCCNCCN2CCCCC2)c2cc(C)c(/N=c3\sc4ccccc4n3COCC[Si](C)(C)C)nn2)sc1CCCOc1ccc(C#CCN(C)C)cc1F. The third-order valence-corrected chi connectivity index (χ3v) is 14.8. The standard InChI is InChI=1S/C48H66FN9O4S2Si/c1-36-33-43(53-54-45(36)52-48-58(35-61-31-32-65(5,6)7)39-18-9-10-19-41(39)63-48)57(28-14-11-23-50-24-29-56-26-12-8-13-27-56)47-51-44(46(59)60-4)42(64-47)20-16-30-62-40-22-21-37(34-38(40)49)17-15-25-55(2)3/h9-10,18-19,21-22,33-34,50H,8,11-14,16,20,23-32,35H2,1-7H3/b52-48-. The van der Waals surface area contributed by atoms with Crippen LogP contribution in [-0.4, -0.2) is 124 Å². The summed E-state index contributed by atoms with van der Waals surface area (Å²) in [5.74, 6) is 6.31. The van der Waals surface area contributed by atoms with E-state index in [1.807, 2.05) is 49.0 Å². The Hall–Kier alpha value is -4.54. The van der Waals surface area contributed by atoms with Crippen molar-refractivity contribution in [1.29, 1.82) is 0 Å². The van der Waals surface area contributed by atoms with Crippen LogP contribution in [0.4, 0.5) is 21.2 Å². The molecular weight excluding hydrogens is 878 g/mol. The number of para-hydroxylation sites is 1. The minimum atomic E-state index is -1.24.